The zero-order chi connectivity index (χ0) is 21.8. The minimum atomic E-state index is -0.296. The number of hydrogen-bond acceptors (Lipinski definition) is 5. The molecule has 3 aromatic carbocycles. The summed E-state index contributed by atoms with van der Waals surface area (Å²) in [5.41, 5.74) is 3.29. The molecule has 2 N–H and O–H groups in total. The van der Waals surface area contributed by atoms with Gasteiger partial charge in [0, 0.05) is 17.0 Å². The molecule has 0 radical (unpaired) electrons. The molecule has 1 unspecified atom stereocenters. The molecule has 0 amide bonds. The van der Waals surface area contributed by atoms with Gasteiger partial charge in [0.05, 0.1) is 13.2 Å². The zero-order valence-electron chi connectivity index (χ0n) is 16.8. The highest BCUT2D eigenvalue weighted by Crippen LogP contribution is 2.35. The lowest BCUT2D eigenvalue weighted by Gasteiger charge is -2.20. The Morgan fingerprint density at radius 3 is 2.58 bits per heavy atom. The largest absolute Gasteiger partial charge is 0.494 e. The number of aromatic nitrogens is 2. The van der Waals surface area contributed by atoms with Crippen LogP contribution in [0.4, 0.5) is 10.2 Å². The fourth-order valence-electron chi connectivity index (χ4n) is 3.55. The summed E-state index contributed by atoms with van der Waals surface area (Å²) < 4.78 is 19.0. The topological polar surface area (TPSA) is 67.3 Å². The molecule has 0 aliphatic heterocycles. The lowest BCUT2D eigenvalue weighted by Crippen LogP contribution is -2.14. The Balaban J connectivity index is 1.81. The summed E-state index contributed by atoms with van der Waals surface area (Å²) in [5.74, 6) is 0.894. The van der Waals surface area contributed by atoms with Crippen LogP contribution in [0.3, 0.4) is 0 Å². The summed E-state index contributed by atoms with van der Waals surface area (Å²) >= 11 is 6.17. The maximum Gasteiger partial charge on any atom is 0.145 e. The van der Waals surface area contributed by atoms with E-state index in [1.165, 1.54) is 18.5 Å². The Bertz CT molecular complexity index is 1200. The minimum Gasteiger partial charge on any atom is -0.494 e. The molecule has 0 saturated carbocycles. The third kappa shape index (κ3) is 4.60. The fraction of sp³-hybridized carbons (Fsp3) is 0.167. The second-order valence-electron chi connectivity index (χ2n) is 7.07. The van der Waals surface area contributed by atoms with E-state index in [4.69, 9.17) is 16.3 Å². The molecule has 0 aliphatic carbocycles. The average molecular weight is 438 g/mol. The molecule has 7 heteroatoms. The Labute approximate surface area is 184 Å². The van der Waals surface area contributed by atoms with E-state index < -0.39 is 0 Å². The Hall–Kier alpha value is -3.22. The van der Waals surface area contributed by atoms with Crippen LogP contribution in [0, 0.1) is 5.82 Å². The molecule has 5 nitrogen and oxygen atoms in total. The van der Waals surface area contributed by atoms with Crippen molar-refractivity contribution in [3.8, 4) is 16.9 Å². The number of anilines is 1. The molecule has 4 aromatic rings. The number of ether oxygens (including phenoxy) is 1. The van der Waals surface area contributed by atoms with Crippen LogP contribution < -0.4 is 10.1 Å². The number of hydrogen-bond donors (Lipinski definition) is 2. The van der Waals surface area contributed by atoms with Crippen LogP contribution in [0.1, 0.15) is 18.0 Å². The van der Waals surface area contributed by atoms with Crippen LogP contribution >= 0.6 is 11.6 Å². The van der Waals surface area contributed by atoms with Crippen molar-refractivity contribution in [2.45, 2.75) is 12.5 Å². The van der Waals surface area contributed by atoms with Crippen molar-refractivity contribution in [2.75, 3.05) is 19.0 Å². The molecule has 158 valence electrons. The first kappa shape index (κ1) is 21.0. The third-order valence-electron chi connectivity index (χ3n) is 5.08. The number of halogens is 2. The first-order valence-electron chi connectivity index (χ1n) is 9.80. The van der Waals surface area contributed by atoms with Gasteiger partial charge in [0.1, 0.15) is 29.2 Å². The lowest BCUT2D eigenvalue weighted by molar-refractivity contribution is 0.280. The number of rotatable bonds is 7. The van der Waals surface area contributed by atoms with Crippen molar-refractivity contribution in [3.63, 3.8) is 0 Å². The first-order valence-corrected chi connectivity index (χ1v) is 10.2. The van der Waals surface area contributed by atoms with Crippen LogP contribution in [0.2, 0.25) is 5.02 Å². The van der Waals surface area contributed by atoms with E-state index in [-0.39, 0.29) is 18.5 Å². The van der Waals surface area contributed by atoms with E-state index >= 15 is 0 Å². The van der Waals surface area contributed by atoms with Crippen molar-refractivity contribution in [1.29, 1.82) is 0 Å². The van der Waals surface area contributed by atoms with E-state index in [1.54, 1.807) is 25.3 Å². The maximum absolute atomic E-state index is 13.4. The van der Waals surface area contributed by atoms with Crippen molar-refractivity contribution in [3.05, 3.63) is 83.4 Å². The molecule has 1 heterocycles. The molecule has 31 heavy (non-hydrogen) atoms. The number of aliphatic hydroxyl groups is 1. The van der Waals surface area contributed by atoms with E-state index in [1.807, 2.05) is 30.3 Å². The number of nitrogens with zero attached hydrogens (tertiary/aromatic N) is 2. The summed E-state index contributed by atoms with van der Waals surface area (Å²) in [6.45, 7) is -0.00263. The van der Waals surface area contributed by atoms with Gasteiger partial charge in [0.15, 0.2) is 0 Å². The minimum absolute atomic E-state index is 0.00263. The molecule has 0 bridgehead atoms. The summed E-state index contributed by atoms with van der Waals surface area (Å²) in [4.78, 5) is 8.84. The van der Waals surface area contributed by atoms with Crippen LogP contribution in [-0.4, -0.2) is 28.8 Å². The molecular weight excluding hydrogens is 417 g/mol. The summed E-state index contributed by atoms with van der Waals surface area (Å²) in [7, 11) is 1.58. The van der Waals surface area contributed by atoms with Gasteiger partial charge in [-0.15, -0.1) is 0 Å². The van der Waals surface area contributed by atoms with Crippen LogP contribution in [0.5, 0.6) is 5.75 Å². The van der Waals surface area contributed by atoms with Crippen molar-refractivity contribution in [2.24, 2.45) is 0 Å². The van der Waals surface area contributed by atoms with Crippen molar-refractivity contribution < 1.29 is 14.2 Å². The number of methoxy groups -OCH3 is 1. The first-order chi connectivity index (χ1) is 15.1. The van der Waals surface area contributed by atoms with Crippen LogP contribution in [0.25, 0.3) is 22.0 Å². The van der Waals surface area contributed by atoms with Gasteiger partial charge in [-0.3, -0.25) is 0 Å². The number of benzene rings is 3. The van der Waals surface area contributed by atoms with E-state index in [0.29, 0.717) is 28.5 Å². The Kier molecular flexibility index (Phi) is 6.30. The van der Waals surface area contributed by atoms with Gasteiger partial charge in [0.25, 0.3) is 0 Å². The van der Waals surface area contributed by atoms with E-state index in [0.717, 1.165) is 22.1 Å². The number of aliphatic hydroxyl groups excluding tert-OH is 1. The maximum atomic E-state index is 13.4. The van der Waals surface area contributed by atoms with Gasteiger partial charge in [-0.2, -0.15) is 0 Å². The monoisotopic (exact) mass is 437 g/mol. The highest BCUT2D eigenvalue weighted by molar-refractivity contribution is 6.30. The average Bonchev–Trinajstić information content (AvgIpc) is 2.79. The van der Waals surface area contributed by atoms with E-state index in [9.17, 15) is 9.50 Å². The molecule has 1 atom stereocenters. The van der Waals surface area contributed by atoms with E-state index in [2.05, 4.69) is 15.3 Å². The molecular formula is C24H21ClFN3O2. The molecule has 0 saturated heterocycles. The Morgan fingerprint density at radius 2 is 1.87 bits per heavy atom. The normalized spacial score (nSPS) is 12.0. The standard InChI is InChI=1S/C24H21ClFN3O2/c1-31-22-13-17(15-5-7-19(26)8-6-15)12-20-23(22)27-14-28-24(20)29-21(9-10-30)16-3-2-4-18(25)11-16/h2-8,11-14,21,30H,9-10H2,1H3,(H,27,28,29). The Morgan fingerprint density at radius 1 is 1.06 bits per heavy atom. The number of fused-ring (bicyclic) bond motifs is 1. The summed E-state index contributed by atoms with van der Waals surface area (Å²) in [5, 5.41) is 14.4. The molecule has 1 aromatic heterocycles. The molecule has 0 aliphatic rings. The highest BCUT2D eigenvalue weighted by atomic mass is 35.5. The fourth-order valence-corrected chi connectivity index (χ4v) is 3.75. The van der Waals surface area contributed by atoms with Gasteiger partial charge >= 0.3 is 0 Å². The predicted molar refractivity (Wildman–Crippen MR) is 121 cm³/mol. The zero-order valence-corrected chi connectivity index (χ0v) is 17.6. The predicted octanol–water partition coefficient (Wildman–Crippen LogP) is 5.63. The lowest BCUT2D eigenvalue weighted by atomic mass is 10.0. The van der Waals surface area contributed by atoms with Gasteiger partial charge in [-0.25, -0.2) is 14.4 Å². The van der Waals surface area contributed by atoms with Crippen molar-refractivity contribution >= 4 is 28.3 Å². The van der Waals surface area contributed by atoms with Crippen molar-refractivity contribution in [1.82, 2.24) is 9.97 Å². The second kappa shape index (κ2) is 9.29. The quantitative estimate of drug-likeness (QED) is 0.392. The number of nitrogens with one attached hydrogen (secondary N) is 1. The second-order valence-corrected chi connectivity index (χ2v) is 7.50. The van der Waals surface area contributed by atoms with Crippen LogP contribution in [-0.2, 0) is 0 Å². The smallest absolute Gasteiger partial charge is 0.145 e. The molecule has 0 spiro atoms. The molecule has 0 fully saturated rings. The van der Waals surface area contributed by atoms with Gasteiger partial charge in [-0.05, 0) is 59.5 Å². The summed E-state index contributed by atoms with van der Waals surface area (Å²) in [6, 6.07) is 17.4. The summed E-state index contributed by atoms with van der Waals surface area (Å²) in [6.07, 6.45) is 1.94. The highest BCUT2D eigenvalue weighted by Gasteiger charge is 2.17. The third-order valence-corrected chi connectivity index (χ3v) is 5.32. The SMILES string of the molecule is COc1cc(-c2ccc(F)cc2)cc2c(NC(CCO)c3cccc(Cl)c3)ncnc12. The van der Waals surface area contributed by atoms with Gasteiger partial charge in [0.2, 0.25) is 0 Å². The van der Waals surface area contributed by atoms with Gasteiger partial charge < -0.3 is 15.2 Å². The molecule has 4 rings (SSSR count). The van der Waals surface area contributed by atoms with Gasteiger partial charge in [-0.1, -0.05) is 35.9 Å². The van der Waals surface area contributed by atoms with Crippen LogP contribution in [0.15, 0.2) is 67.0 Å².